The zero-order chi connectivity index (χ0) is 26.7. The number of hydrogen-bond acceptors (Lipinski definition) is 5. The van der Waals surface area contributed by atoms with Gasteiger partial charge in [0.15, 0.2) is 0 Å². The highest BCUT2D eigenvalue weighted by Crippen LogP contribution is 2.35. The summed E-state index contributed by atoms with van der Waals surface area (Å²) in [4.78, 5) is 13.6. The molecule has 0 unspecified atom stereocenters. The summed E-state index contributed by atoms with van der Waals surface area (Å²) in [6, 6.07) is 23.4. The molecule has 7 nitrogen and oxygen atoms in total. The summed E-state index contributed by atoms with van der Waals surface area (Å²) in [6.45, 7) is 5.41. The number of nitrogens with one attached hydrogen (secondary N) is 3. The van der Waals surface area contributed by atoms with E-state index in [1.165, 1.54) is 0 Å². The number of anilines is 2. The summed E-state index contributed by atoms with van der Waals surface area (Å²) in [5, 5.41) is 15.6. The Morgan fingerprint density at radius 2 is 1.59 bits per heavy atom. The number of amides is 1. The van der Waals surface area contributed by atoms with Crippen LogP contribution in [-0.2, 0) is 14.8 Å². The second-order valence-electron chi connectivity index (χ2n) is 10.5. The van der Waals surface area contributed by atoms with Crippen LogP contribution >= 0.6 is 0 Å². The number of benzene rings is 3. The topological polar surface area (TPSA) is 111 Å². The van der Waals surface area contributed by atoms with Crippen molar-refractivity contribution in [2.45, 2.75) is 62.4 Å². The largest absolute Gasteiger partial charge is 0.371 e. The minimum absolute atomic E-state index is 0.127. The van der Waals surface area contributed by atoms with Gasteiger partial charge in [-0.3, -0.25) is 4.79 Å². The van der Waals surface area contributed by atoms with Crippen LogP contribution in [0.4, 0.5) is 11.4 Å². The first-order chi connectivity index (χ1) is 17.5. The van der Waals surface area contributed by atoms with E-state index in [9.17, 15) is 18.5 Å². The monoisotopic (exact) mass is 516 g/mol. The van der Waals surface area contributed by atoms with Gasteiger partial charge in [-0.2, -0.15) is 5.26 Å². The molecule has 0 spiro atoms. The maximum atomic E-state index is 13.4. The Balaban J connectivity index is 1.55. The van der Waals surface area contributed by atoms with Crippen LogP contribution in [0.25, 0.3) is 11.1 Å². The van der Waals surface area contributed by atoms with Crippen molar-refractivity contribution < 1.29 is 13.2 Å². The van der Waals surface area contributed by atoms with Gasteiger partial charge in [-0.25, -0.2) is 13.1 Å². The van der Waals surface area contributed by atoms with E-state index in [4.69, 9.17) is 0 Å². The summed E-state index contributed by atoms with van der Waals surface area (Å²) < 4.78 is 28.8. The maximum Gasteiger partial charge on any atom is 0.250 e. The fourth-order valence-corrected chi connectivity index (χ4v) is 6.36. The number of nitrogens with zero attached hydrogens (tertiary/aromatic N) is 1. The molecule has 0 atom stereocenters. The molecule has 3 N–H and O–H groups in total. The summed E-state index contributed by atoms with van der Waals surface area (Å²) in [5.41, 5.74) is 1.85. The van der Waals surface area contributed by atoms with E-state index in [0.717, 1.165) is 24.1 Å². The molecule has 192 valence electrons. The van der Waals surface area contributed by atoms with Crippen molar-refractivity contribution in [3.8, 4) is 17.2 Å². The lowest BCUT2D eigenvalue weighted by molar-refractivity contribution is -0.120. The van der Waals surface area contributed by atoms with Crippen LogP contribution in [0.15, 0.2) is 77.7 Å². The summed E-state index contributed by atoms with van der Waals surface area (Å²) in [5.74, 6) is -0.127. The molecule has 0 bridgehead atoms. The lowest BCUT2D eigenvalue weighted by Gasteiger charge is -2.30. The first-order valence-corrected chi connectivity index (χ1v) is 13.8. The number of sulfonamides is 1. The molecule has 3 aromatic carbocycles. The molecular formula is C29H32N4O3S. The minimum atomic E-state index is -3.73. The second kappa shape index (κ2) is 10.4. The Morgan fingerprint density at radius 1 is 0.919 bits per heavy atom. The number of rotatable bonds is 7. The molecule has 37 heavy (non-hydrogen) atoms. The van der Waals surface area contributed by atoms with Gasteiger partial charge in [-0.1, -0.05) is 49.2 Å². The predicted molar refractivity (Wildman–Crippen MR) is 147 cm³/mol. The zero-order valence-corrected chi connectivity index (χ0v) is 22.2. The van der Waals surface area contributed by atoms with Crippen molar-refractivity contribution in [2.75, 3.05) is 10.6 Å². The fourth-order valence-electron chi connectivity index (χ4n) is 4.71. The van der Waals surface area contributed by atoms with Crippen LogP contribution < -0.4 is 15.4 Å². The first kappa shape index (κ1) is 26.4. The van der Waals surface area contributed by atoms with Gasteiger partial charge in [0.1, 0.15) is 5.54 Å². The number of carbonyl (C=O) groups is 1. The molecule has 0 aliphatic heterocycles. The van der Waals surface area contributed by atoms with E-state index >= 15 is 0 Å². The second-order valence-corrected chi connectivity index (χ2v) is 12.1. The lowest BCUT2D eigenvalue weighted by atomic mass is 9.95. The molecule has 1 aliphatic carbocycles. The van der Waals surface area contributed by atoms with Gasteiger partial charge in [0.2, 0.25) is 15.9 Å². The third kappa shape index (κ3) is 6.19. The Bertz CT molecular complexity index is 1430. The highest BCUT2D eigenvalue weighted by atomic mass is 32.2. The van der Waals surface area contributed by atoms with Crippen LogP contribution in [0.1, 0.15) is 52.0 Å². The Morgan fingerprint density at radius 3 is 2.24 bits per heavy atom. The van der Waals surface area contributed by atoms with Gasteiger partial charge in [0.25, 0.3) is 0 Å². The third-order valence-corrected chi connectivity index (χ3v) is 8.15. The van der Waals surface area contributed by atoms with Crippen LogP contribution in [0, 0.1) is 11.3 Å². The molecule has 3 aromatic rings. The average molecular weight is 517 g/mol. The number of nitriles is 1. The van der Waals surface area contributed by atoms with E-state index in [2.05, 4.69) is 21.4 Å². The minimum Gasteiger partial charge on any atom is -0.371 e. The van der Waals surface area contributed by atoms with Crippen molar-refractivity contribution in [3.63, 3.8) is 0 Å². The van der Waals surface area contributed by atoms with E-state index in [-0.39, 0.29) is 10.8 Å². The number of carbonyl (C=O) groups excluding carboxylic acids is 1. The highest BCUT2D eigenvalue weighted by molar-refractivity contribution is 7.89. The van der Waals surface area contributed by atoms with E-state index in [1.807, 2.05) is 18.2 Å². The zero-order valence-electron chi connectivity index (χ0n) is 21.3. The highest BCUT2D eigenvalue weighted by Gasteiger charge is 2.41. The normalized spacial score (nSPS) is 15.1. The van der Waals surface area contributed by atoms with Crippen molar-refractivity contribution in [2.24, 2.45) is 0 Å². The summed E-state index contributed by atoms with van der Waals surface area (Å²) in [6.07, 6.45) is 3.26. The molecule has 0 radical (unpaired) electrons. The quantitative estimate of drug-likeness (QED) is 0.375. The van der Waals surface area contributed by atoms with Gasteiger partial charge in [-0.05, 0) is 75.6 Å². The van der Waals surface area contributed by atoms with Gasteiger partial charge in [0, 0.05) is 22.5 Å². The van der Waals surface area contributed by atoms with Crippen LogP contribution in [-0.4, -0.2) is 25.4 Å². The molecular weight excluding hydrogens is 484 g/mol. The van der Waals surface area contributed by atoms with E-state index < -0.39 is 21.1 Å². The maximum absolute atomic E-state index is 13.4. The Labute approximate surface area is 219 Å². The van der Waals surface area contributed by atoms with Gasteiger partial charge in [0.05, 0.1) is 16.5 Å². The first-order valence-electron chi connectivity index (χ1n) is 12.3. The molecule has 1 amide bonds. The van der Waals surface area contributed by atoms with Gasteiger partial charge >= 0.3 is 0 Å². The van der Waals surface area contributed by atoms with Gasteiger partial charge < -0.3 is 10.6 Å². The molecule has 1 saturated carbocycles. The summed E-state index contributed by atoms with van der Waals surface area (Å²) >= 11 is 0. The molecule has 0 heterocycles. The standard InChI is InChI=1S/C29H32N4O3S/c1-28(2,3)33-37(35,36)26-12-5-4-11-25(26)22-13-15-23(16-14-22)31-27(34)29(17-6-7-18-29)32-24-10-8-9-21(19-24)20-30/h4-5,8-16,19,32-33H,6-7,17-18H2,1-3H3,(H,31,34). The summed E-state index contributed by atoms with van der Waals surface area (Å²) in [7, 11) is -3.73. The van der Waals surface area contributed by atoms with E-state index in [0.29, 0.717) is 29.7 Å². The Kier molecular flexibility index (Phi) is 7.39. The number of hydrogen-bond donors (Lipinski definition) is 3. The van der Waals surface area contributed by atoms with Crippen LogP contribution in [0.2, 0.25) is 0 Å². The smallest absolute Gasteiger partial charge is 0.250 e. The molecule has 8 heteroatoms. The fraction of sp³-hybridized carbons (Fsp3) is 0.310. The molecule has 1 aliphatic rings. The SMILES string of the molecule is CC(C)(C)NS(=O)(=O)c1ccccc1-c1ccc(NC(=O)C2(Nc3cccc(C#N)c3)CCCC2)cc1. The van der Waals surface area contributed by atoms with Crippen molar-refractivity contribution in [1.82, 2.24) is 4.72 Å². The van der Waals surface area contributed by atoms with Crippen LogP contribution in [0.3, 0.4) is 0 Å². The van der Waals surface area contributed by atoms with Crippen molar-refractivity contribution >= 4 is 27.3 Å². The van der Waals surface area contributed by atoms with Crippen molar-refractivity contribution in [3.05, 3.63) is 78.4 Å². The van der Waals surface area contributed by atoms with Gasteiger partial charge in [-0.15, -0.1) is 0 Å². The molecule has 4 rings (SSSR count). The van der Waals surface area contributed by atoms with Crippen LogP contribution in [0.5, 0.6) is 0 Å². The van der Waals surface area contributed by atoms with Crippen molar-refractivity contribution in [1.29, 1.82) is 5.26 Å². The molecule has 0 saturated heterocycles. The molecule has 0 aromatic heterocycles. The molecule has 1 fully saturated rings. The Hall–Kier alpha value is -3.67. The third-order valence-electron chi connectivity index (χ3n) is 6.34. The lowest BCUT2D eigenvalue weighted by Crippen LogP contribution is -2.47. The predicted octanol–water partition coefficient (Wildman–Crippen LogP) is 5.67. The average Bonchev–Trinajstić information content (AvgIpc) is 3.33. The van der Waals surface area contributed by atoms with E-state index in [1.54, 1.807) is 75.4 Å².